The molecule has 0 saturated heterocycles. The van der Waals surface area contributed by atoms with Gasteiger partial charge >= 0.3 is 0 Å². The van der Waals surface area contributed by atoms with Crippen molar-refractivity contribution in [1.29, 1.82) is 10.5 Å². The van der Waals surface area contributed by atoms with Crippen molar-refractivity contribution in [3.05, 3.63) is 76.5 Å². The molecule has 0 spiro atoms. The third-order valence-electron chi connectivity index (χ3n) is 4.48. The Balaban J connectivity index is 1.77. The average molecular weight is 340 g/mol. The molecular formula is C20H16N6. The number of aryl methyl sites for hydroxylation is 1. The maximum absolute atomic E-state index is 9.00. The Labute approximate surface area is 151 Å². The molecule has 1 aromatic heterocycles. The van der Waals surface area contributed by atoms with Gasteiger partial charge in [0.05, 0.1) is 23.3 Å². The number of benzene rings is 2. The smallest absolute Gasteiger partial charge is 0.199 e. The molecule has 6 heteroatoms. The molecule has 26 heavy (non-hydrogen) atoms. The van der Waals surface area contributed by atoms with Gasteiger partial charge in [0.25, 0.3) is 0 Å². The number of rotatable bonds is 3. The summed E-state index contributed by atoms with van der Waals surface area (Å²) < 4.78 is 0. The van der Waals surface area contributed by atoms with Crippen LogP contribution in [0.25, 0.3) is 11.1 Å². The molecular weight excluding hydrogens is 324 g/mol. The second kappa shape index (κ2) is 6.70. The normalized spacial score (nSPS) is 12.7. The van der Waals surface area contributed by atoms with Crippen molar-refractivity contribution in [2.75, 3.05) is 0 Å². The van der Waals surface area contributed by atoms with E-state index in [9.17, 15) is 0 Å². The number of hydrogen-bond donors (Lipinski definition) is 0. The molecule has 3 aromatic rings. The molecule has 0 unspecified atom stereocenters. The second-order valence-electron chi connectivity index (χ2n) is 6.20. The lowest BCUT2D eigenvalue weighted by molar-refractivity contribution is -0.707. The van der Waals surface area contributed by atoms with E-state index >= 15 is 0 Å². The number of nitrogens with zero attached hydrogens (tertiary/aromatic N) is 6. The van der Waals surface area contributed by atoms with E-state index in [0.717, 1.165) is 48.4 Å². The largest absolute Gasteiger partial charge is 0.271 e. The van der Waals surface area contributed by atoms with Crippen LogP contribution in [0.5, 0.6) is 0 Å². The molecule has 126 valence electrons. The van der Waals surface area contributed by atoms with Crippen molar-refractivity contribution in [2.24, 2.45) is 0 Å². The highest BCUT2D eigenvalue weighted by atomic mass is 15.7. The SMILES string of the molecule is N#Cc1ccc([N-][n+]2c3c(nn2-c2ccc(C#N)cc2)CCCC3)cc1. The van der Waals surface area contributed by atoms with Gasteiger partial charge in [-0.2, -0.15) is 15.3 Å². The van der Waals surface area contributed by atoms with Gasteiger partial charge in [-0.25, -0.2) is 0 Å². The molecule has 0 saturated carbocycles. The van der Waals surface area contributed by atoms with Gasteiger partial charge in [0.2, 0.25) is 0 Å². The minimum absolute atomic E-state index is 0.608. The number of nitriles is 2. The lowest BCUT2D eigenvalue weighted by Gasteiger charge is -2.17. The third kappa shape index (κ3) is 2.89. The summed E-state index contributed by atoms with van der Waals surface area (Å²) in [5, 5.41) is 22.7. The van der Waals surface area contributed by atoms with Crippen molar-refractivity contribution in [2.45, 2.75) is 25.7 Å². The van der Waals surface area contributed by atoms with Crippen LogP contribution in [-0.2, 0) is 12.8 Å². The summed E-state index contributed by atoms with van der Waals surface area (Å²) in [7, 11) is 0. The van der Waals surface area contributed by atoms with Gasteiger partial charge in [0.15, 0.2) is 11.4 Å². The van der Waals surface area contributed by atoms with Gasteiger partial charge in [0, 0.05) is 18.5 Å². The van der Waals surface area contributed by atoms with E-state index in [4.69, 9.17) is 21.0 Å². The minimum atomic E-state index is 0.608. The lowest BCUT2D eigenvalue weighted by atomic mass is 10.0. The Morgan fingerprint density at radius 1 is 0.885 bits per heavy atom. The van der Waals surface area contributed by atoms with Crippen LogP contribution >= 0.6 is 0 Å². The second-order valence-corrected chi connectivity index (χ2v) is 6.20. The Morgan fingerprint density at radius 2 is 1.50 bits per heavy atom. The fourth-order valence-electron chi connectivity index (χ4n) is 3.12. The monoisotopic (exact) mass is 340 g/mol. The Hall–Kier alpha value is -3.64. The van der Waals surface area contributed by atoms with Crippen LogP contribution in [0.3, 0.4) is 0 Å². The fraction of sp³-hybridized carbons (Fsp3) is 0.200. The summed E-state index contributed by atoms with van der Waals surface area (Å²) in [5.41, 5.74) is 9.77. The summed E-state index contributed by atoms with van der Waals surface area (Å²) in [6.07, 6.45) is 4.14. The summed E-state index contributed by atoms with van der Waals surface area (Å²) in [6.45, 7) is 0. The third-order valence-corrected chi connectivity index (χ3v) is 4.48. The van der Waals surface area contributed by atoms with Crippen LogP contribution in [0.2, 0.25) is 0 Å². The molecule has 1 heterocycles. The zero-order chi connectivity index (χ0) is 17.9. The molecule has 2 aromatic carbocycles. The van der Waals surface area contributed by atoms with Gasteiger partial charge in [-0.1, -0.05) is 24.3 Å². The topological polar surface area (TPSA) is 83.4 Å². The average Bonchev–Trinajstić information content (AvgIpc) is 3.07. The van der Waals surface area contributed by atoms with Crippen LogP contribution in [-0.4, -0.2) is 9.90 Å². The number of aromatic nitrogens is 3. The first-order chi connectivity index (χ1) is 12.8. The van der Waals surface area contributed by atoms with Crippen LogP contribution in [0.4, 0.5) is 5.69 Å². The highest BCUT2D eigenvalue weighted by Gasteiger charge is 2.24. The molecule has 0 radical (unpaired) electrons. The maximum Gasteiger partial charge on any atom is 0.199 e. The molecule has 4 rings (SSSR count). The van der Waals surface area contributed by atoms with Gasteiger partial charge < -0.3 is 0 Å². The predicted octanol–water partition coefficient (Wildman–Crippen LogP) is 3.25. The van der Waals surface area contributed by atoms with Crippen LogP contribution in [0.15, 0.2) is 48.5 Å². The van der Waals surface area contributed by atoms with Crippen molar-refractivity contribution < 1.29 is 4.79 Å². The summed E-state index contributed by atoms with van der Waals surface area (Å²) in [5.74, 6) is 0. The van der Waals surface area contributed by atoms with Crippen molar-refractivity contribution >= 4 is 5.69 Å². The molecule has 0 N–H and O–H groups in total. The van der Waals surface area contributed by atoms with Crippen LogP contribution < -0.4 is 4.79 Å². The van der Waals surface area contributed by atoms with Gasteiger partial charge in [0.1, 0.15) is 0 Å². The van der Waals surface area contributed by atoms with Crippen LogP contribution in [0, 0.1) is 22.7 Å². The van der Waals surface area contributed by atoms with Gasteiger partial charge in [-0.3, -0.25) is 5.43 Å². The molecule has 1 aliphatic rings. The quantitative estimate of drug-likeness (QED) is 0.686. The van der Waals surface area contributed by atoms with Crippen molar-refractivity contribution in [3.63, 3.8) is 0 Å². The van der Waals surface area contributed by atoms with Crippen molar-refractivity contribution in [3.8, 4) is 17.8 Å². The molecule has 0 aliphatic heterocycles. The highest BCUT2D eigenvalue weighted by Crippen LogP contribution is 2.22. The summed E-state index contributed by atoms with van der Waals surface area (Å²) >= 11 is 0. The molecule has 0 atom stereocenters. The fourth-order valence-corrected chi connectivity index (χ4v) is 3.12. The number of hydrogen-bond acceptors (Lipinski definition) is 3. The van der Waals surface area contributed by atoms with E-state index in [-0.39, 0.29) is 0 Å². The predicted molar refractivity (Wildman–Crippen MR) is 94.7 cm³/mol. The lowest BCUT2D eigenvalue weighted by Crippen LogP contribution is -2.42. The molecule has 6 nitrogen and oxygen atoms in total. The molecule has 1 aliphatic carbocycles. The summed E-state index contributed by atoms with van der Waals surface area (Å²) in [4.78, 5) is 3.63. The summed E-state index contributed by atoms with van der Waals surface area (Å²) in [6, 6.07) is 18.7. The molecule has 0 amide bonds. The Kier molecular flexibility index (Phi) is 4.09. The van der Waals surface area contributed by atoms with E-state index in [1.54, 1.807) is 29.1 Å². The van der Waals surface area contributed by atoms with Gasteiger partial charge in [-0.15, -0.1) is 4.80 Å². The van der Waals surface area contributed by atoms with Crippen molar-refractivity contribution in [1.82, 2.24) is 9.90 Å². The first-order valence-electron chi connectivity index (χ1n) is 8.54. The number of fused-ring (bicyclic) bond motifs is 1. The Bertz CT molecular complexity index is 1020. The first kappa shape index (κ1) is 15.9. The van der Waals surface area contributed by atoms with E-state index in [2.05, 4.69) is 12.1 Å². The highest BCUT2D eigenvalue weighted by molar-refractivity contribution is 5.48. The van der Waals surface area contributed by atoms with E-state index < -0.39 is 0 Å². The van der Waals surface area contributed by atoms with E-state index in [0.29, 0.717) is 11.1 Å². The zero-order valence-corrected chi connectivity index (χ0v) is 14.1. The van der Waals surface area contributed by atoms with Crippen LogP contribution in [0.1, 0.15) is 35.4 Å². The minimum Gasteiger partial charge on any atom is -0.271 e. The van der Waals surface area contributed by atoms with E-state index in [1.165, 1.54) is 0 Å². The maximum atomic E-state index is 9.00. The zero-order valence-electron chi connectivity index (χ0n) is 14.1. The first-order valence-corrected chi connectivity index (χ1v) is 8.54. The van der Waals surface area contributed by atoms with Gasteiger partial charge in [-0.05, 0) is 47.9 Å². The molecule has 0 bridgehead atoms. The molecule has 0 fully saturated rings. The van der Waals surface area contributed by atoms with E-state index in [1.807, 2.05) is 29.1 Å². The standard InChI is InChI=1S/C20H16N6/c21-13-15-5-9-17(10-6-15)23-26-20-4-2-1-3-19(20)24-25(26)18-11-7-16(14-22)8-12-18/h5-12H,1-4H2. The Morgan fingerprint density at radius 3 is 2.15 bits per heavy atom.